The van der Waals surface area contributed by atoms with Gasteiger partial charge in [0.05, 0.1) is 4.47 Å². The summed E-state index contributed by atoms with van der Waals surface area (Å²) in [6, 6.07) is 5.42. The van der Waals surface area contributed by atoms with E-state index in [1.807, 2.05) is 19.1 Å². The van der Waals surface area contributed by atoms with E-state index in [1.54, 1.807) is 6.07 Å². The molecule has 1 atom stereocenters. The number of unbranched alkanes of at least 4 members (excludes halogenated alkanes) is 1. The standard InChI is InChI=1S/C14H17BrFN/c1-3-5-6-10-13(17-4-2)11-8-7-9-12(15)14(11)16/h1,7-9,13,17H,4-6,10H2,2H3. The third kappa shape index (κ3) is 4.14. The maximum Gasteiger partial charge on any atom is 0.142 e. The lowest BCUT2D eigenvalue weighted by atomic mass is 10.0. The minimum absolute atomic E-state index is 0.0332. The SMILES string of the molecule is C#CCCCC(NCC)c1cccc(Br)c1F. The van der Waals surface area contributed by atoms with E-state index in [2.05, 4.69) is 27.2 Å². The van der Waals surface area contributed by atoms with Crippen molar-refractivity contribution < 1.29 is 4.39 Å². The molecule has 1 aromatic carbocycles. The molecule has 1 nitrogen and oxygen atoms in total. The van der Waals surface area contributed by atoms with Crippen LogP contribution in [-0.4, -0.2) is 6.54 Å². The van der Waals surface area contributed by atoms with Crippen LogP contribution in [0, 0.1) is 18.2 Å². The average Bonchev–Trinajstić information content (AvgIpc) is 2.32. The molecule has 0 spiro atoms. The number of hydrogen-bond donors (Lipinski definition) is 1. The van der Waals surface area contributed by atoms with Gasteiger partial charge in [-0.2, -0.15) is 0 Å². The lowest BCUT2D eigenvalue weighted by Crippen LogP contribution is -2.22. The van der Waals surface area contributed by atoms with Crippen LogP contribution >= 0.6 is 15.9 Å². The normalized spacial score (nSPS) is 12.1. The van der Waals surface area contributed by atoms with Gasteiger partial charge in [-0.25, -0.2) is 4.39 Å². The zero-order chi connectivity index (χ0) is 12.7. The summed E-state index contributed by atoms with van der Waals surface area (Å²) in [7, 11) is 0. The molecule has 0 aliphatic rings. The molecule has 0 aromatic heterocycles. The first-order valence-electron chi connectivity index (χ1n) is 5.81. The Bertz CT molecular complexity index is 398. The van der Waals surface area contributed by atoms with E-state index in [4.69, 9.17) is 6.42 Å². The van der Waals surface area contributed by atoms with Crippen LogP contribution in [0.15, 0.2) is 22.7 Å². The van der Waals surface area contributed by atoms with E-state index in [0.29, 0.717) is 10.0 Å². The molecule has 17 heavy (non-hydrogen) atoms. The second-order valence-corrected chi connectivity index (χ2v) is 4.70. The molecule has 1 aromatic rings. The molecule has 1 rings (SSSR count). The van der Waals surface area contributed by atoms with Gasteiger partial charge in [-0.3, -0.25) is 0 Å². The van der Waals surface area contributed by atoms with E-state index < -0.39 is 0 Å². The van der Waals surface area contributed by atoms with Crippen LogP contribution in [0.4, 0.5) is 4.39 Å². The van der Waals surface area contributed by atoms with E-state index in [0.717, 1.165) is 25.8 Å². The van der Waals surface area contributed by atoms with Crippen LogP contribution in [0.2, 0.25) is 0 Å². The van der Waals surface area contributed by atoms with Crippen molar-refractivity contribution >= 4 is 15.9 Å². The molecule has 0 fully saturated rings. The third-order valence-electron chi connectivity index (χ3n) is 2.62. The lowest BCUT2D eigenvalue weighted by Gasteiger charge is -2.19. The number of hydrogen-bond acceptors (Lipinski definition) is 1. The molecule has 0 aliphatic heterocycles. The molecule has 0 bridgehead atoms. The van der Waals surface area contributed by atoms with Gasteiger partial charge < -0.3 is 5.32 Å². The van der Waals surface area contributed by atoms with Crippen molar-refractivity contribution in [3.8, 4) is 12.3 Å². The predicted octanol–water partition coefficient (Wildman–Crippen LogP) is 4.04. The molecule has 0 aliphatic carbocycles. The van der Waals surface area contributed by atoms with Crippen LogP contribution in [0.3, 0.4) is 0 Å². The van der Waals surface area contributed by atoms with Gasteiger partial charge in [0.1, 0.15) is 5.82 Å². The maximum atomic E-state index is 14.0. The molecule has 0 radical (unpaired) electrons. The summed E-state index contributed by atoms with van der Waals surface area (Å²) in [6.45, 7) is 2.83. The minimum atomic E-state index is -0.181. The molecule has 0 amide bonds. The first-order chi connectivity index (χ1) is 8.20. The second kappa shape index (κ2) is 7.47. The Morgan fingerprint density at radius 1 is 1.53 bits per heavy atom. The largest absolute Gasteiger partial charge is 0.310 e. The van der Waals surface area contributed by atoms with Crippen LogP contribution in [-0.2, 0) is 0 Å². The second-order valence-electron chi connectivity index (χ2n) is 3.85. The van der Waals surface area contributed by atoms with Crippen molar-refractivity contribution in [1.82, 2.24) is 5.32 Å². The first-order valence-corrected chi connectivity index (χ1v) is 6.60. The summed E-state index contributed by atoms with van der Waals surface area (Å²) in [4.78, 5) is 0. The molecule has 0 saturated heterocycles. The van der Waals surface area contributed by atoms with Crippen molar-refractivity contribution in [1.29, 1.82) is 0 Å². The summed E-state index contributed by atoms with van der Waals surface area (Å²) in [6.07, 6.45) is 7.72. The van der Waals surface area contributed by atoms with Crippen molar-refractivity contribution in [3.63, 3.8) is 0 Å². The van der Waals surface area contributed by atoms with Crippen molar-refractivity contribution in [2.75, 3.05) is 6.54 Å². The summed E-state index contributed by atoms with van der Waals surface area (Å²) >= 11 is 3.21. The Labute approximate surface area is 111 Å². The van der Waals surface area contributed by atoms with Crippen molar-refractivity contribution in [3.05, 3.63) is 34.1 Å². The molecular formula is C14H17BrFN. The Balaban J connectivity index is 2.82. The molecule has 1 unspecified atom stereocenters. The third-order valence-corrected chi connectivity index (χ3v) is 3.23. The van der Waals surface area contributed by atoms with Gasteiger partial charge in [0.15, 0.2) is 0 Å². The van der Waals surface area contributed by atoms with Crippen LogP contribution < -0.4 is 5.32 Å². The monoisotopic (exact) mass is 297 g/mol. The molecule has 0 heterocycles. The topological polar surface area (TPSA) is 12.0 Å². The predicted molar refractivity (Wildman–Crippen MR) is 73.2 cm³/mol. The van der Waals surface area contributed by atoms with Gasteiger partial charge in [-0.05, 0) is 41.4 Å². The highest BCUT2D eigenvalue weighted by Gasteiger charge is 2.15. The van der Waals surface area contributed by atoms with E-state index in [-0.39, 0.29) is 11.9 Å². The zero-order valence-electron chi connectivity index (χ0n) is 9.97. The Morgan fingerprint density at radius 2 is 2.29 bits per heavy atom. The molecule has 1 N–H and O–H groups in total. The molecular weight excluding hydrogens is 281 g/mol. The van der Waals surface area contributed by atoms with Crippen molar-refractivity contribution in [2.24, 2.45) is 0 Å². The minimum Gasteiger partial charge on any atom is -0.310 e. The Kier molecular flexibility index (Phi) is 6.25. The fourth-order valence-electron chi connectivity index (χ4n) is 1.81. The number of terminal acetylenes is 1. The Morgan fingerprint density at radius 3 is 2.94 bits per heavy atom. The number of halogens is 2. The van der Waals surface area contributed by atoms with Gasteiger partial charge in [-0.15, -0.1) is 12.3 Å². The van der Waals surface area contributed by atoms with E-state index >= 15 is 0 Å². The van der Waals surface area contributed by atoms with Crippen molar-refractivity contribution in [2.45, 2.75) is 32.2 Å². The van der Waals surface area contributed by atoms with E-state index in [1.165, 1.54) is 0 Å². The van der Waals surface area contributed by atoms with Crippen LogP contribution in [0.5, 0.6) is 0 Å². The van der Waals surface area contributed by atoms with Gasteiger partial charge >= 0.3 is 0 Å². The summed E-state index contributed by atoms with van der Waals surface area (Å²) in [5, 5.41) is 3.30. The fourth-order valence-corrected chi connectivity index (χ4v) is 2.19. The quantitative estimate of drug-likeness (QED) is 0.617. The lowest BCUT2D eigenvalue weighted by molar-refractivity contribution is 0.474. The zero-order valence-corrected chi connectivity index (χ0v) is 11.6. The average molecular weight is 298 g/mol. The van der Waals surface area contributed by atoms with Crippen LogP contribution in [0.25, 0.3) is 0 Å². The van der Waals surface area contributed by atoms with Gasteiger partial charge in [0, 0.05) is 18.0 Å². The smallest absolute Gasteiger partial charge is 0.142 e. The van der Waals surface area contributed by atoms with Gasteiger partial charge in [0.2, 0.25) is 0 Å². The number of nitrogens with one attached hydrogen (secondary N) is 1. The molecule has 0 saturated carbocycles. The van der Waals surface area contributed by atoms with E-state index in [9.17, 15) is 4.39 Å². The highest BCUT2D eigenvalue weighted by Crippen LogP contribution is 2.26. The first kappa shape index (κ1) is 14.2. The number of rotatable bonds is 6. The molecule has 92 valence electrons. The highest BCUT2D eigenvalue weighted by atomic mass is 79.9. The summed E-state index contributed by atoms with van der Waals surface area (Å²) in [5.41, 5.74) is 0.707. The molecule has 3 heteroatoms. The number of benzene rings is 1. The van der Waals surface area contributed by atoms with Crippen LogP contribution in [0.1, 0.15) is 37.8 Å². The van der Waals surface area contributed by atoms with Gasteiger partial charge in [-0.1, -0.05) is 19.1 Å². The Hall–Kier alpha value is -0.850. The maximum absolute atomic E-state index is 14.0. The van der Waals surface area contributed by atoms with Gasteiger partial charge in [0.25, 0.3) is 0 Å². The summed E-state index contributed by atoms with van der Waals surface area (Å²) in [5.74, 6) is 2.43. The highest BCUT2D eigenvalue weighted by molar-refractivity contribution is 9.10. The summed E-state index contributed by atoms with van der Waals surface area (Å²) < 4.78 is 14.5. The fraction of sp³-hybridized carbons (Fsp3) is 0.429.